The predicted molar refractivity (Wildman–Crippen MR) is 159 cm³/mol. The van der Waals surface area contributed by atoms with Crippen LogP contribution in [0, 0.1) is 10.8 Å². The first-order chi connectivity index (χ1) is 20.3. The Balaban J connectivity index is 1.23. The van der Waals surface area contributed by atoms with E-state index < -0.39 is 34.6 Å². The van der Waals surface area contributed by atoms with Crippen molar-refractivity contribution in [3.8, 4) is 0 Å². The van der Waals surface area contributed by atoms with Crippen molar-refractivity contribution < 1.29 is 28.7 Å². The summed E-state index contributed by atoms with van der Waals surface area (Å²) in [5.41, 5.74) is -1.23. The summed E-state index contributed by atoms with van der Waals surface area (Å²) < 4.78 is 5.71. The molecular weight excluding hydrogens is 550 g/mol. The van der Waals surface area contributed by atoms with Gasteiger partial charge in [-0.25, -0.2) is 0 Å². The van der Waals surface area contributed by atoms with Gasteiger partial charge in [-0.3, -0.25) is 24.0 Å². The summed E-state index contributed by atoms with van der Waals surface area (Å²) in [6.45, 7) is 7.66. The van der Waals surface area contributed by atoms with E-state index in [9.17, 15) is 24.0 Å². The first-order valence-corrected chi connectivity index (χ1v) is 15.6. The van der Waals surface area contributed by atoms with Crippen molar-refractivity contribution in [3.63, 3.8) is 0 Å². The monoisotopic (exact) mass is 595 g/mol. The molecule has 4 N–H and O–H groups in total. The average Bonchev–Trinajstić information content (AvgIpc) is 3.53. The molecule has 3 saturated heterocycles. The number of nitrogens with one attached hydrogen (secondary N) is 4. The molecule has 3 heterocycles. The molecule has 3 aliphatic heterocycles. The van der Waals surface area contributed by atoms with E-state index >= 15 is 0 Å². The number of likely N-dealkylation sites (N-methyl/N-ethyl adjacent to an activating group) is 1. The van der Waals surface area contributed by atoms with Crippen LogP contribution < -0.4 is 21.3 Å². The maximum atomic E-state index is 13.7. The number of fused-ring (bicyclic) bond motifs is 3. The molecule has 2 unspecified atom stereocenters. The van der Waals surface area contributed by atoms with Gasteiger partial charge in [-0.05, 0) is 77.1 Å². The molecule has 1 aliphatic carbocycles. The second-order valence-electron chi connectivity index (χ2n) is 13.4. The van der Waals surface area contributed by atoms with Crippen molar-refractivity contribution >= 4 is 35.3 Å². The molecule has 43 heavy (non-hydrogen) atoms. The van der Waals surface area contributed by atoms with Crippen LogP contribution in [-0.4, -0.2) is 71.3 Å². The normalized spacial score (nSPS) is 31.8. The Bertz CT molecular complexity index is 1310. The van der Waals surface area contributed by atoms with Crippen LogP contribution >= 0.6 is 0 Å². The molecule has 1 saturated carbocycles. The highest BCUT2D eigenvalue weighted by atomic mass is 16.6. The van der Waals surface area contributed by atoms with Gasteiger partial charge in [0.1, 0.15) is 12.1 Å². The van der Waals surface area contributed by atoms with Gasteiger partial charge >= 0.3 is 5.97 Å². The van der Waals surface area contributed by atoms with Gasteiger partial charge < -0.3 is 30.9 Å². The first kappa shape index (κ1) is 31.0. The molecule has 234 valence electrons. The number of amides is 4. The number of carbonyl (C=O) groups excluding carboxylic acids is 5. The molecule has 11 heteroatoms. The Labute approximate surface area is 253 Å². The van der Waals surface area contributed by atoms with Crippen molar-refractivity contribution in [1.82, 2.24) is 20.9 Å². The van der Waals surface area contributed by atoms with E-state index in [4.69, 9.17) is 4.74 Å². The highest BCUT2D eigenvalue weighted by Crippen LogP contribution is 2.65. The van der Waals surface area contributed by atoms with E-state index in [1.807, 2.05) is 26.8 Å². The second-order valence-corrected chi connectivity index (χ2v) is 13.4. The molecule has 5 rings (SSSR count). The number of hydrogen-bond acceptors (Lipinski definition) is 7. The van der Waals surface area contributed by atoms with Crippen LogP contribution in [-0.2, 0) is 35.3 Å². The van der Waals surface area contributed by atoms with Crippen LogP contribution in [0.3, 0.4) is 0 Å². The van der Waals surface area contributed by atoms with E-state index in [1.165, 1.54) is 0 Å². The number of hydrogen-bond donors (Lipinski definition) is 4. The summed E-state index contributed by atoms with van der Waals surface area (Å²) in [6.07, 6.45) is 5.57. The Morgan fingerprint density at radius 1 is 1.05 bits per heavy atom. The molecule has 0 spiro atoms. The van der Waals surface area contributed by atoms with Crippen molar-refractivity contribution in [3.05, 3.63) is 29.8 Å². The molecule has 4 amide bonds. The lowest BCUT2D eigenvalue weighted by atomic mass is 9.66. The summed E-state index contributed by atoms with van der Waals surface area (Å²) in [4.78, 5) is 67.4. The smallest absolute Gasteiger partial charge is 0.313 e. The molecule has 2 bridgehead atoms. The van der Waals surface area contributed by atoms with Gasteiger partial charge in [0.15, 0.2) is 5.60 Å². The third-order valence-electron chi connectivity index (χ3n) is 10.9. The number of anilines is 1. The molecule has 4 fully saturated rings. The van der Waals surface area contributed by atoms with Crippen LogP contribution in [0.1, 0.15) is 84.6 Å². The van der Waals surface area contributed by atoms with Gasteiger partial charge in [0.05, 0.1) is 11.5 Å². The number of ether oxygens (including phenoxy) is 1. The Kier molecular flexibility index (Phi) is 8.32. The summed E-state index contributed by atoms with van der Waals surface area (Å²) >= 11 is 0. The SMILES string of the molecule is CNC(C)C(=O)N[C@H]1CCCC[C@H]2CC[C@@H](C(=O)NCc3cccc(NC(=O)C45CC[C@](C)(C(=O)O4)C5(C)C)c3)N2C1=O. The minimum atomic E-state index is -1.22. The van der Waals surface area contributed by atoms with Gasteiger partial charge in [0.25, 0.3) is 5.91 Å². The Morgan fingerprint density at radius 2 is 1.79 bits per heavy atom. The van der Waals surface area contributed by atoms with Crippen molar-refractivity contribution in [1.29, 1.82) is 0 Å². The lowest BCUT2D eigenvalue weighted by Gasteiger charge is -2.35. The summed E-state index contributed by atoms with van der Waals surface area (Å²) in [6, 6.07) is 5.51. The fourth-order valence-corrected chi connectivity index (χ4v) is 7.40. The zero-order chi connectivity index (χ0) is 31.2. The maximum Gasteiger partial charge on any atom is 0.313 e. The maximum absolute atomic E-state index is 13.7. The van der Waals surface area contributed by atoms with E-state index in [0.717, 1.165) is 31.2 Å². The largest absolute Gasteiger partial charge is 0.448 e. The fourth-order valence-electron chi connectivity index (χ4n) is 7.40. The minimum absolute atomic E-state index is 0.0195. The Morgan fingerprint density at radius 3 is 2.47 bits per heavy atom. The van der Waals surface area contributed by atoms with Gasteiger partial charge in [-0.2, -0.15) is 0 Å². The quantitative estimate of drug-likeness (QED) is 0.338. The fraction of sp³-hybridized carbons (Fsp3) is 0.656. The molecule has 1 aromatic rings. The lowest BCUT2D eigenvalue weighted by molar-refractivity contribution is -0.165. The zero-order valence-corrected chi connectivity index (χ0v) is 25.9. The molecule has 4 aliphatic rings. The molecule has 0 aromatic heterocycles. The highest BCUT2D eigenvalue weighted by Gasteiger charge is 2.75. The molecule has 11 nitrogen and oxygen atoms in total. The van der Waals surface area contributed by atoms with Gasteiger partial charge in [0.2, 0.25) is 17.7 Å². The summed E-state index contributed by atoms with van der Waals surface area (Å²) in [5, 5.41) is 11.7. The summed E-state index contributed by atoms with van der Waals surface area (Å²) in [5.74, 6) is -1.33. The van der Waals surface area contributed by atoms with Crippen LogP contribution in [0.15, 0.2) is 24.3 Å². The first-order valence-electron chi connectivity index (χ1n) is 15.6. The second kappa shape index (κ2) is 11.6. The topological polar surface area (TPSA) is 146 Å². The van der Waals surface area contributed by atoms with E-state index in [-0.39, 0.29) is 42.2 Å². The third kappa shape index (κ3) is 5.19. The van der Waals surface area contributed by atoms with Crippen LogP contribution in [0.2, 0.25) is 0 Å². The van der Waals surface area contributed by atoms with Gasteiger partial charge in [0, 0.05) is 23.7 Å². The Hall–Kier alpha value is -3.47. The number of esters is 1. The van der Waals surface area contributed by atoms with Crippen molar-refractivity contribution in [2.45, 2.75) is 115 Å². The highest BCUT2D eigenvalue weighted by molar-refractivity contribution is 6.03. The lowest BCUT2D eigenvalue weighted by Crippen LogP contribution is -2.57. The van der Waals surface area contributed by atoms with Crippen molar-refractivity contribution in [2.24, 2.45) is 10.8 Å². The molecule has 6 atom stereocenters. The number of nitrogens with zero attached hydrogens (tertiary/aromatic N) is 1. The summed E-state index contributed by atoms with van der Waals surface area (Å²) in [7, 11) is 1.70. The van der Waals surface area contributed by atoms with Crippen LogP contribution in [0.4, 0.5) is 5.69 Å². The number of benzene rings is 1. The van der Waals surface area contributed by atoms with Gasteiger partial charge in [-0.1, -0.05) is 38.8 Å². The number of carbonyl (C=O) groups is 5. The molecular formula is C32H45N5O6. The van der Waals surface area contributed by atoms with Crippen LogP contribution in [0.25, 0.3) is 0 Å². The van der Waals surface area contributed by atoms with E-state index in [1.54, 1.807) is 37.1 Å². The van der Waals surface area contributed by atoms with E-state index in [0.29, 0.717) is 31.4 Å². The standard InChI is InChI=1S/C32H45N5O6/c1-19(33-5)25(38)36-23-12-7-6-11-22-13-14-24(37(22)27(23)40)26(39)34-18-20-9-8-10-21(17-20)35-28(41)32-16-15-31(4,29(42)43-32)30(32,2)3/h8-10,17,19,22-24,33H,6-7,11-16,18H2,1-5H3,(H,34,39)(H,35,41)(H,36,38)/t19?,22-,23-,24-,31+,32?/m0/s1. The number of rotatable bonds is 8. The van der Waals surface area contributed by atoms with Gasteiger partial charge in [-0.15, -0.1) is 0 Å². The molecule has 1 aromatic carbocycles. The zero-order valence-electron chi connectivity index (χ0n) is 25.9. The van der Waals surface area contributed by atoms with Crippen LogP contribution in [0.5, 0.6) is 0 Å². The minimum Gasteiger partial charge on any atom is -0.448 e. The van der Waals surface area contributed by atoms with E-state index in [2.05, 4.69) is 21.3 Å². The molecule has 0 radical (unpaired) electrons. The third-order valence-corrected chi connectivity index (χ3v) is 10.9. The predicted octanol–water partition coefficient (Wildman–Crippen LogP) is 2.39. The van der Waals surface area contributed by atoms with Crippen molar-refractivity contribution in [2.75, 3.05) is 12.4 Å². The average molecular weight is 596 g/mol.